The molecule has 0 radical (unpaired) electrons. The fourth-order valence-corrected chi connectivity index (χ4v) is 5.29. The summed E-state index contributed by atoms with van der Waals surface area (Å²) in [6, 6.07) is 7.54. The molecule has 30 heavy (non-hydrogen) atoms. The summed E-state index contributed by atoms with van der Waals surface area (Å²) in [5, 5.41) is 9.23. The molecular formula is C23H32N4O3. The summed E-state index contributed by atoms with van der Waals surface area (Å²) in [6.07, 6.45) is 9.30. The first kappa shape index (κ1) is 20.7. The van der Waals surface area contributed by atoms with Crippen LogP contribution in [0, 0.1) is 0 Å². The number of anilines is 1. The summed E-state index contributed by atoms with van der Waals surface area (Å²) in [4.78, 5) is 38.9. The van der Waals surface area contributed by atoms with Gasteiger partial charge >= 0.3 is 12.1 Å². The van der Waals surface area contributed by atoms with Gasteiger partial charge in [0.1, 0.15) is 0 Å². The largest absolute Gasteiger partial charge is 0.335 e. The van der Waals surface area contributed by atoms with Crippen LogP contribution >= 0.6 is 0 Å². The average Bonchev–Trinajstić information content (AvgIpc) is 3.00. The molecule has 0 spiro atoms. The highest BCUT2D eigenvalue weighted by molar-refractivity contribution is 5.97. The topological polar surface area (TPSA) is 90.5 Å². The molecule has 2 heterocycles. The van der Waals surface area contributed by atoms with E-state index in [2.05, 4.69) is 16.0 Å². The SMILES string of the molecule is CC(=O)c1cccc(NC(=O)N2[C@@H]3CC[C@H]2CC(NC(=O)NC2CCCCC2)C3)c1. The lowest BCUT2D eigenvalue weighted by Gasteiger charge is -2.39. The summed E-state index contributed by atoms with van der Waals surface area (Å²) in [6.45, 7) is 1.52. The zero-order chi connectivity index (χ0) is 21.1. The van der Waals surface area contributed by atoms with Crippen LogP contribution in [0.2, 0.25) is 0 Å². The van der Waals surface area contributed by atoms with E-state index >= 15 is 0 Å². The van der Waals surface area contributed by atoms with Crippen LogP contribution in [-0.4, -0.2) is 46.9 Å². The van der Waals surface area contributed by atoms with E-state index in [1.807, 2.05) is 4.90 Å². The molecule has 162 valence electrons. The van der Waals surface area contributed by atoms with Crippen LogP contribution in [0.3, 0.4) is 0 Å². The Morgan fingerprint density at radius 3 is 2.23 bits per heavy atom. The van der Waals surface area contributed by atoms with Gasteiger partial charge in [0.05, 0.1) is 0 Å². The Bertz CT molecular complexity index is 791. The molecule has 3 atom stereocenters. The molecule has 3 fully saturated rings. The van der Waals surface area contributed by atoms with Crippen molar-refractivity contribution in [2.75, 3.05) is 5.32 Å². The summed E-state index contributed by atoms with van der Waals surface area (Å²) < 4.78 is 0. The Morgan fingerprint density at radius 2 is 1.57 bits per heavy atom. The van der Waals surface area contributed by atoms with Crippen LogP contribution in [0.25, 0.3) is 0 Å². The van der Waals surface area contributed by atoms with E-state index < -0.39 is 0 Å². The Labute approximate surface area is 178 Å². The molecular weight excluding hydrogens is 380 g/mol. The number of carbonyl (C=O) groups excluding carboxylic acids is 3. The number of nitrogens with zero attached hydrogens (tertiary/aromatic N) is 1. The molecule has 7 nitrogen and oxygen atoms in total. The van der Waals surface area contributed by atoms with Crippen molar-refractivity contribution in [2.45, 2.75) is 88.9 Å². The van der Waals surface area contributed by atoms with Gasteiger partial charge in [0.15, 0.2) is 5.78 Å². The second kappa shape index (κ2) is 9.06. The molecule has 1 aromatic carbocycles. The van der Waals surface area contributed by atoms with Gasteiger partial charge in [-0.1, -0.05) is 31.4 Å². The quantitative estimate of drug-likeness (QED) is 0.652. The van der Waals surface area contributed by atoms with Gasteiger partial charge in [-0.15, -0.1) is 0 Å². The summed E-state index contributed by atoms with van der Waals surface area (Å²) in [5.74, 6) is -0.0236. The van der Waals surface area contributed by atoms with Crippen molar-refractivity contribution in [1.82, 2.24) is 15.5 Å². The van der Waals surface area contributed by atoms with Crippen molar-refractivity contribution in [2.24, 2.45) is 0 Å². The zero-order valence-electron chi connectivity index (χ0n) is 17.7. The third-order valence-electron chi connectivity index (χ3n) is 6.76. The standard InChI is InChI=1S/C23H32N4O3/c1-15(28)16-6-5-9-18(12-16)26-23(30)27-20-10-11-21(27)14-19(13-20)25-22(29)24-17-7-3-2-4-8-17/h5-6,9,12,17,19-21H,2-4,7-8,10-11,13-14H2,1H3,(H,26,30)(H2,24,25,29)/t19?,20-,21+. The van der Waals surface area contributed by atoms with Crippen LogP contribution in [0.4, 0.5) is 15.3 Å². The number of urea groups is 2. The van der Waals surface area contributed by atoms with Crippen molar-refractivity contribution < 1.29 is 14.4 Å². The fourth-order valence-electron chi connectivity index (χ4n) is 5.29. The van der Waals surface area contributed by atoms with Crippen LogP contribution < -0.4 is 16.0 Å². The minimum Gasteiger partial charge on any atom is -0.335 e. The third kappa shape index (κ3) is 4.77. The summed E-state index contributed by atoms with van der Waals surface area (Å²) in [7, 11) is 0. The van der Waals surface area contributed by atoms with Gasteiger partial charge in [-0.05, 0) is 57.6 Å². The maximum Gasteiger partial charge on any atom is 0.322 e. The maximum absolute atomic E-state index is 12.9. The number of nitrogens with one attached hydrogen (secondary N) is 3. The number of rotatable bonds is 4. The number of hydrogen-bond acceptors (Lipinski definition) is 3. The van der Waals surface area contributed by atoms with Gasteiger partial charge in [0.25, 0.3) is 0 Å². The Morgan fingerprint density at radius 1 is 0.900 bits per heavy atom. The predicted octanol–water partition coefficient (Wildman–Crippen LogP) is 4.05. The van der Waals surface area contributed by atoms with E-state index in [4.69, 9.17) is 0 Å². The number of ketones is 1. The highest BCUT2D eigenvalue weighted by Crippen LogP contribution is 2.36. The molecule has 7 heteroatoms. The van der Waals surface area contributed by atoms with Crippen molar-refractivity contribution in [3.05, 3.63) is 29.8 Å². The van der Waals surface area contributed by atoms with E-state index in [0.29, 0.717) is 17.3 Å². The minimum atomic E-state index is -0.117. The van der Waals surface area contributed by atoms with Gasteiger partial charge in [-0.2, -0.15) is 0 Å². The zero-order valence-corrected chi connectivity index (χ0v) is 17.7. The smallest absolute Gasteiger partial charge is 0.322 e. The molecule has 1 aromatic rings. The maximum atomic E-state index is 12.9. The monoisotopic (exact) mass is 412 g/mol. The Kier molecular flexibility index (Phi) is 6.25. The Balaban J connectivity index is 1.31. The molecule has 2 bridgehead atoms. The van der Waals surface area contributed by atoms with E-state index in [1.54, 1.807) is 24.3 Å². The van der Waals surface area contributed by atoms with Gasteiger partial charge < -0.3 is 20.9 Å². The predicted molar refractivity (Wildman–Crippen MR) is 116 cm³/mol. The highest BCUT2D eigenvalue weighted by atomic mass is 16.2. The van der Waals surface area contributed by atoms with E-state index in [-0.39, 0.29) is 36.0 Å². The number of Topliss-reactive ketones (excluding diaryl/α,β-unsaturated/α-hetero) is 1. The van der Waals surface area contributed by atoms with E-state index in [0.717, 1.165) is 38.5 Å². The second-order valence-electron chi connectivity index (χ2n) is 8.98. The molecule has 3 N–H and O–H groups in total. The molecule has 2 saturated heterocycles. The normalized spacial score (nSPS) is 26.2. The van der Waals surface area contributed by atoms with Crippen molar-refractivity contribution >= 4 is 23.5 Å². The molecule has 2 aliphatic heterocycles. The number of amides is 4. The lowest BCUT2D eigenvalue weighted by atomic mass is 9.95. The number of hydrogen-bond donors (Lipinski definition) is 3. The number of fused-ring (bicyclic) bond motifs is 2. The van der Waals surface area contributed by atoms with Gasteiger partial charge in [-0.3, -0.25) is 4.79 Å². The molecule has 1 aliphatic carbocycles. The summed E-state index contributed by atoms with van der Waals surface area (Å²) >= 11 is 0. The van der Waals surface area contributed by atoms with Gasteiger partial charge in [0.2, 0.25) is 0 Å². The van der Waals surface area contributed by atoms with Crippen LogP contribution in [0.1, 0.15) is 75.1 Å². The van der Waals surface area contributed by atoms with Crippen LogP contribution in [-0.2, 0) is 0 Å². The highest BCUT2D eigenvalue weighted by Gasteiger charge is 2.43. The van der Waals surface area contributed by atoms with Crippen molar-refractivity contribution in [3.8, 4) is 0 Å². The van der Waals surface area contributed by atoms with Crippen LogP contribution in [0.5, 0.6) is 0 Å². The fraction of sp³-hybridized carbons (Fsp3) is 0.609. The lowest BCUT2D eigenvalue weighted by Crippen LogP contribution is -2.55. The first-order valence-corrected chi connectivity index (χ1v) is 11.3. The second-order valence-corrected chi connectivity index (χ2v) is 8.98. The Hall–Kier alpha value is -2.57. The van der Waals surface area contributed by atoms with Gasteiger partial charge in [-0.25, -0.2) is 9.59 Å². The molecule has 0 aromatic heterocycles. The van der Waals surface area contributed by atoms with Crippen molar-refractivity contribution in [1.29, 1.82) is 0 Å². The first-order valence-electron chi connectivity index (χ1n) is 11.3. The first-order chi connectivity index (χ1) is 14.5. The lowest BCUT2D eigenvalue weighted by molar-refractivity contribution is 0.101. The van der Waals surface area contributed by atoms with Crippen LogP contribution in [0.15, 0.2) is 24.3 Å². The van der Waals surface area contributed by atoms with E-state index in [9.17, 15) is 14.4 Å². The molecule has 4 amide bonds. The summed E-state index contributed by atoms with van der Waals surface area (Å²) in [5.41, 5.74) is 1.22. The minimum absolute atomic E-state index is 0.0236. The molecule has 1 saturated carbocycles. The number of benzene rings is 1. The van der Waals surface area contributed by atoms with Crippen molar-refractivity contribution in [3.63, 3.8) is 0 Å². The molecule has 4 rings (SSSR count). The van der Waals surface area contributed by atoms with Gasteiger partial charge in [0, 0.05) is 35.4 Å². The number of piperidine rings is 1. The molecule has 3 aliphatic rings. The molecule has 1 unspecified atom stereocenters. The average molecular weight is 413 g/mol. The van der Waals surface area contributed by atoms with E-state index in [1.165, 1.54) is 26.2 Å². The number of carbonyl (C=O) groups is 3. The third-order valence-corrected chi connectivity index (χ3v) is 6.76.